The number of hydrogen-bond acceptors (Lipinski definition) is 6. The van der Waals surface area contributed by atoms with E-state index in [1.165, 1.54) is 0 Å². The summed E-state index contributed by atoms with van der Waals surface area (Å²) in [6.45, 7) is 0. The first-order valence-corrected chi connectivity index (χ1v) is 12.9. The minimum absolute atomic E-state index is 0.245. The summed E-state index contributed by atoms with van der Waals surface area (Å²) in [7, 11) is 0. The molecule has 0 bridgehead atoms. The first-order chi connectivity index (χ1) is 19.5. The van der Waals surface area contributed by atoms with Crippen molar-refractivity contribution < 1.29 is 9.47 Å². The summed E-state index contributed by atoms with van der Waals surface area (Å²) in [6.07, 6.45) is 0. The summed E-state index contributed by atoms with van der Waals surface area (Å²) < 4.78 is 12.5. The van der Waals surface area contributed by atoms with Crippen molar-refractivity contribution >= 4 is 34.6 Å². The largest absolute Gasteiger partial charge is 0.451 e. The van der Waals surface area contributed by atoms with Crippen LogP contribution in [0.2, 0.25) is 10.0 Å². The molecule has 0 unspecified atom stereocenters. The van der Waals surface area contributed by atoms with E-state index in [9.17, 15) is 0 Å². The van der Waals surface area contributed by atoms with E-state index in [1.54, 1.807) is 24.3 Å². The second-order valence-electron chi connectivity index (χ2n) is 9.15. The Bertz CT molecular complexity index is 1940. The van der Waals surface area contributed by atoms with Gasteiger partial charge in [0.05, 0.1) is 23.3 Å². The molecule has 0 radical (unpaired) electrons. The van der Waals surface area contributed by atoms with Crippen molar-refractivity contribution in [2.24, 2.45) is 9.98 Å². The Hall–Kier alpha value is -5.14. The van der Waals surface area contributed by atoms with Crippen molar-refractivity contribution in [3.63, 3.8) is 0 Å². The molecular weight excluding hydrogens is 543 g/mol. The molecule has 6 nitrogen and oxygen atoms in total. The fraction of sp³-hybridized carbons (Fsp3) is 0. The SMILES string of the molecule is N#Cc1ccc(-c2ccc3c(c2)Oc2c(Cl)c4c(c(Cl)c2=N3)Oc2cc(-c3ccc(C#N)cc3)ccc2N=4)cc1. The molecule has 5 aromatic rings. The van der Waals surface area contributed by atoms with Gasteiger partial charge in [0.25, 0.3) is 0 Å². The van der Waals surface area contributed by atoms with Crippen LogP contribution in [-0.4, -0.2) is 0 Å². The van der Waals surface area contributed by atoms with Crippen LogP contribution in [0.4, 0.5) is 11.4 Å². The molecule has 0 atom stereocenters. The first-order valence-electron chi connectivity index (χ1n) is 12.2. The lowest BCUT2D eigenvalue weighted by Gasteiger charge is -2.21. The fourth-order valence-electron chi connectivity index (χ4n) is 4.68. The van der Waals surface area contributed by atoms with E-state index < -0.39 is 0 Å². The zero-order chi connectivity index (χ0) is 27.4. The van der Waals surface area contributed by atoms with Gasteiger partial charge in [0.1, 0.15) is 32.1 Å². The van der Waals surface area contributed by atoms with Gasteiger partial charge < -0.3 is 9.47 Å². The number of hydrogen-bond donors (Lipinski definition) is 0. The van der Waals surface area contributed by atoms with Crippen LogP contribution in [0.15, 0.2) is 94.9 Å². The molecule has 5 aromatic carbocycles. The molecule has 0 aromatic heterocycles. The van der Waals surface area contributed by atoms with Crippen LogP contribution in [0.5, 0.6) is 23.0 Å². The predicted molar refractivity (Wildman–Crippen MR) is 151 cm³/mol. The molecule has 8 heteroatoms. The van der Waals surface area contributed by atoms with E-state index in [1.807, 2.05) is 60.7 Å². The van der Waals surface area contributed by atoms with Gasteiger partial charge in [-0.1, -0.05) is 59.6 Å². The van der Waals surface area contributed by atoms with Gasteiger partial charge in [0.2, 0.25) is 0 Å². The van der Waals surface area contributed by atoms with Gasteiger partial charge in [-0.25, -0.2) is 9.98 Å². The molecule has 188 valence electrons. The quantitative estimate of drug-likeness (QED) is 0.214. The molecule has 7 rings (SSSR count). The maximum Gasteiger partial charge on any atom is 0.175 e. The molecule has 0 saturated heterocycles. The third kappa shape index (κ3) is 3.87. The van der Waals surface area contributed by atoms with Gasteiger partial charge in [0.15, 0.2) is 23.0 Å². The van der Waals surface area contributed by atoms with Gasteiger partial charge in [-0.2, -0.15) is 10.5 Å². The fourth-order valence-corrected chi connectivity index (χ4v) is 5.19. The molecule has 40 heavy (non-hydrogen) atoms. The summed E-state index contributed by atoms with van der Waals surface area (Å²) in [5.41, 5.74) is 6.05. The van der Waals surface area contributed by atoms with Gasteiger partial charge in [-0.15, -0.1) is 0 Å². The van der Waals surface area contributed by atoms with E-state index in [-0.39, 0.29) is 10.0 Å². The minimum atomic E-state index is 0.245. The third-order valence-corrected chi connectivity index (χ3v) is 7.45. The lowest BCUT2D eigenvalue weighted by molar-refractivity contribution is 0.451. The van der Waals surface area contributed by atoms with Crippen molar-refractivity contribution in [1.29, 1.82) is 10.5 Å². The van der Waals surface area contributed by atoms with Crippen molar-refractivity contribution in [2.45, 2.75) is 0 Å². The number of rotatable bonds is 2. The molecule has 2 heterocycles. The smallest absolute Gasteiger partial charge is 0.175 e. The lowest BCUT2D eigenvalue weighted by atomic mass is 10.0. The second kappa shape index (κ2) is 9.25. The average Bonchev–Trinajstić information content (AvgIpc) is 3.01. The van der Waals surface area contributed by atoms with Gasteiger partial charge in [-0.3, -0.25) is 0 Å². The number of nitrogens with zero attached hydrogens (tertiary/aromatic N) is 4. The molecule has 2 aliphatic heterocycles. The van der Waals surface area contributed by atoms with Crippen molar-refractivity contribution in [3.05, 3.63) is 117 Å². The van der Waals surface area contributed by atoms with Crippen LogP contribution in [0.3, 0.4) is 0 Å². The minimum Gasteiger partial charge on any atom is -0.451 e. The first kappa shape index (κ1) is 23.9. The van der Waals surface area contributed by atoms with E-state index in [0.717, 1.165) is 22.3 Å². The van der Waals surface area contributed by atoms with Gasteiger partial charge in [0, 0.05) is 0 Å². The molecule has 0 aliphatic carbocycles. The van der Waals surface area contributed by atoms with Crippen LogP contribution in [0.25, 0.3) is 22.3 Å². The normalized spacial score (nSPS) is 12.0. The predicted octanol–water partition coefficient (Wildman–Crippen LogP) is 8.18. The van der Waals surface area contributed by atoms with Crippen molar-refractivity contribution in [1.82, 2.24) is 0 Å². The van der Waals surface area contributed by atoms with Crippen LogP contribution < -0.4 is 20.2 Å². The topological polar surface area (TPSA) is 90.8 Å². The maximum absolute atomic E-state index is 9.08. The Kier molecular flexibility index (Phi) is 5.54. The summed E-state index contributed by atoms with van der Waals surface area (Å²) in [5.74, 6) is 1.66. The monoisotopic (exact) mass is 556 g/mol. The molecule has 0 spiro atoms. The number of halogens is 2. The standard InChI is InChI=1S/C32H14Cl2N4O2/c33-27-30-32(40-26-14-22(10-12-24(26)38-30)20-7-3-18(16-36)4-8-20)28(34)29-31(27)39-25-13-21(9-11-23(25)37-29)19-5-1-17(15-35)2-6-19/h1-14H. The van der Waals surface area contributed by atoms with E-state index >= 15 is 0 Å². The molecule has 0 N–H and O–H groups in total. The van der Waals surface area contributed by atoms with Crippen LogP contribution >= 0.6 is 23.2 Å². The van der Waals surface area contributed by atoms with Crippen LogP contribution in [0, 0.1) is 22.7 Å². The molecule has 2 aliphatic rings. The Labute approximate surface area is 238 Å². The lowest BCUT2D eigenvalue weighted by Crippen LogP contribution is -2.22. The average molecular weight is 557 g/mol. The highest BCUT2D eigenvalue weighted by Gasteiger charge is 2.27. The van der Waals surface area contributed by atoms with E-state index in [2.05, 4.69) is 12.1 Å². The van der Waals surface area contributed by atoms with Crippen molar-refractivity contribution in [3.8, 4) is 57.4 Å². The molecule has 0 fully saturated rings. The Morgan fingerprint density at radius 2 is 0.900 bits per heavy atom. The molecule has 0 saturated carbocycles. The van der Waals surface area contributed by atoms with E-state index in [4.69, 9.17) is 53.2 Å². The summed E-state index contributed by atoms with van der Waals surface area (Å²) in [6, 6.07) is 30.2. The maximum atomic E-state index is 9.08. The highest BCUT2D eigenvalue weighted by Crippen LogP contribution is 2.44. The zero-order valence-electron chi connectivity index (χ0n) is 20.4. The highest BCUT2D eigenvalue weighted by atomic mass is 35.5. The Balaban J connectivity index is 1.30. The number of fused-ring (bicyclic) bond motifs is 4. The number of benzene rings is 5. The third-order valence-electron chi connectivity index (χ3n) is 6.75. The molecular formula is C32H14Cl2N4O2. The van der Waals surface area contributed by atoms with Crippen molar-refractivity contribution in [2.75, 3.05) is 0 Å². The second-order valence-corrected chi connectivity index (χ2v) is 9.91. The Morgan fingerprint density at radius 3 is 1.27 bits per heavy atom. The summed E-state index contributed by atoms with van der Waals surface area (Å²) >= 11 is 13.6. The zero-order valence-corrected chi connectivity index (χ0v) is 22.0. The number of ether oxygens (including phenoxy) is 2. The summed E-state index contributed by atoms with van der Waals surface area (Å²) in [5, 5.41) is 19.4. The van der Waals surface area contributed by atoms with Crippen LogP contribution in [0.1, 0.15) is 11.1 Å². The summed E-state index contributed by atoms with van der Waals surface area (Å²) in [4.78, 5) is 9.49. The van der Waals surface area contributed by atoms with Gasteiger partial charge >= 0.3 is 0 Å². The molecule has 0 amide bonds. The van der Waals surface area contributed by atoms with E-state index in [0.29, 0.717) is 56.2 Å². The number of nitriles is 2. The highest BCUT2D eigenvalue weighted by molar-refractivity contribution is 6.35. The van der Waals surface area contributed by atoms with Crippen LogP contribution in [-0.2, 0) is 0 Å². The Morgan fingerprint density at radius 1 is 0.525 bits per heavy atom. The van der Waals surface area contributed by atoms with Gasteiger partial charge in [-0.05, 0) is 70.8 Å².